The van der Waals surface area contributed by atoms with Gasteiger partial charge in [-0.15, -0.1) is 0 Å². The Kier molecular flexibility index (Phi) is 4.35. The molecule has 0 heterocycles. The molecule has 4 heteroatoms. The van der Waals surface area contributed by atoms with Crippen LogP contribution in [0.2, 0.25) is 0 Å². The van der Waals surface area contributed by atoms with E-state index in [1.165, 1.54) is 26.4 Å². The predicted molar refractivity (Wildman–Crippen MR) is 55.1 cm³/mol. The molecule has 0 bridgehead atoms. The molecule has 0 aliphatic heterocycles. The number of hydrogen-bond donors (Lipinski definition) is 1. The van der Waals surface area contributed by atoms with Gasteiger partial charge >= 0.3 is 5.97 Å². The Morgan fingerprint density at radius 2 is 2.29 bits per heavy atom. The molecule has 1 aliphatic carbocycles. The number of esters is 1. The topological polar surface area (TPSA) is 41.6 Å². The highest BCUT2D eigenvalue weighted by Gasteiger charge is 2.26. The second-order valence-corrected chi connectivity index (χ2v) is 3.89. The van der Waals surface area contributed by atoms with Crippen molar-refractivity contribution in [3.8, 4) is 0 Å². The van der Waals surface area contributed by atoms with Crippen LogP contribution in [0.4, 0.5) is 0 Å². The number of carbonyl (C=O) groups is 1. The number of likely N-dealkylation sites (N-methyl/N-ethyl adjacent to an activating group) is 2. The Morgan fingerprint density at radius 3 is 2.64 bits per heavy atom. The van der Waals surface area contributed by atoms with Crippen LogP contribution >= 0.6 is 0 Å². The largest absolute Gasteiger partial charge is 0.468 e. The maximum Gasteiger partial charge on any atom is 0.324 e. The molecule has 0 aromatic heterocycles. The van der Waals surface area contributed by atoms with Crippen LogP contribution in [0.1, 0.15) is 19.3 Å². The van der Waals surface area contributed by atoms with Crippen LogP contribution in [0, 0.1) is 0 Å². The zero-order chi connectivity index (χ0) is 10.6. The molecule has 0 radical (unpaired) electrons. The van der Waals surface area contributed by atoms with E-state index in [-0.39, 0.29) is 12.0 Å². The first-order valence-corrected chi connectivity index (χ1v) is 5.14. The van der Waals surface area contributed by atoms with Crippen molar-refractivity contribution in [2.24, 2.45) is 0 Å². The maximum atomic E-state index is 11.3. The molecule has 1 saturated carbocycles. The molecular formula is C10H20N2O2. The van der Waals surface area contributed by atoms with Gasteiger partial charge in [-0.25, -0.2) is 0 Å². The van der Waals surface area contributed by atoms with Gasteiger partial charge < -0.3 is 15.0 Å². The Morgan fingerprint density at radius 1 is 1.64 bits per heavy atom. The third kappa shape index (κ3) is 2.69. The van der Waals surface area contributed by atoms with Crippen LogP contribution in [0.25, 0.3) is 0 Å². The molecule has 1 rings (SSSR count). The lowest BCUT2D eigenvalue weighted by atomic mass is 9.91. The molecule has 0 aromatic rings. The summed E-state index contributed by atoms with van der Waals surface area (Å²) in [6, 6.07) is 0.459. The van der Waals surface area contributed by atoms with Crippen LogP contribution in [0.3, 0.4) is 0 Å². The summed E-state index contributed by atoms with van der Waals surface area (Å²) in [5, 5.41) is 2.97. The maximum absolute atomic E-state index is 11.3. The van der Waals surface area contributed by atoms with Crippen molar-refractivity contribution in [3.63, 3.8) is 0 Å². The lowest BCUT2D eigenvalue weighted by Crippen LogP contribution is -2.48. The summed E-state index contributed by atoms with van der Waals surface area (Å²) in [5.74, 6) is -0.182. The summed E-state index contributed by atoms with van der Waals surface area (Å²) in [4.78, 5) is 13.5. The Labute approximate surface area is 85.6 Å². The van der Waals surface area contributed by atoms with E-state index >= 15 is 0 Å². The molecule has 0 aromatic carbocycles. The molecule has 1 aliphatic rings. The molecule has 1 N–H and O–H groups in total. The molecule has 0 saturated heterocycles. The van der Waals surface area contributed by atoms with Crippen molar-refractivity contribution in [1.29, 1.82) is 0 Å². The van der Waals surface area contributed by atoms with Crippen molar-refractivity contribution in [1.82, 2.24) is 10.2 Å². The molecular weight excluding hydrogens is 180 g/mol. The van der Waals surface area contributed by atoms with Gasteiger partial charge in [0, 0.05) is 12.6 Å². The monoisotopic (exact) mass is 200 g/mol. The van der Waals surface area contributed by atoms with E-state index in [1.54, 1.807) is 7.05 Å². The van der Waals surface area contributed by atoms with Crippen molar-refractivity contribution in [2.45, 2.75) is 31.3 Å². The third-order valence-corrected chi connectivity index (χ3v) is 3.00. The average Bonchev–Trinajstić information content (AvgIpc) is 2.10. The van der Waals surface area contributed by atoms with Gasteiger partial charge in [-0.3, -0.25) is 4.79 Å². The number of rotatable bonds is 5. The summed E-state index contributed by atoms with van der Waals surface area (Å²) < 4.78 is 4.71. The third-order valence-electron chi connectivity index (χ3n) is 3.00. The Balaban J connectivity index is 2.34. The summed E-state index contributed by atoms with van der Waals surface area (Å²) in [5.41, 5.74) is 0. The molecule has 1 fully saturated rings. The summed E-state index contributed by atoms with van der Waals surface area (Å²) in [6.07, 6.45) is 3.83. The van der Waals surface area contributed by atoms with E-state index in [0.29, 0.717) is 6.04 Å². The second-order valence-electron chi connectivity index (χ2n) is 3.89. The zero-order valence-corrected chi connectivity index (χ0v) is 9.25. The van der Waals surface area contributed by atoms with Crippen molar-refractivity contribution < 1.29 is 9.53 Å². The first kappa shape index (κ1) is 11.5. The smallest absolute Gasteiger partial charge is 0.324 e. The SMILES string of the molecule is CNC(CN(C)C1CCC1)C(=O)OC. The minimum Gasteiger partial charge on any atom is -0.468 e. The van der Waals surface area contributed by atoms with Crippen LogP contribution < -0.4 is 5.32 Å². The highest BCUT2D eigenvalue weighted by molar-refractivity contribution is 5.75. The number of nitrogens with one attached hydrogen (secondary N) is 1. The van der Waals surface area contributed by atoms with Gasteiger partial charge in [0.15, 0.2) is 0 Å². The molecule has 14 heavy (non-hydrogen) atoms. The summed E-state index contributed by atoms with van der Waals surface area (Å²) in [6.45, 7) is 0.730. The predicted octanol–water partition coefficient (Wildman–Crippen LogP) is 0.232. The lowest BCUT2D eigenvalue weighted by molar-refractivity contribution is -0.143. The van der Waals surface area contributed by atoms with E-state index in [2.05, 4.69) is 17.3 Å². The average molecular weight is 200 g/mol. The summed E-state index contributed by atoms with van der Waals surface area (Å²) >= 11 is 0. The van der Waals surface area contributed by atoms with Crippen LogP contribution in [0.5, 0.6) is 0 Å². The quantitative estimate of drug-likeness (QED) is 0.645. The second kappa shape index (κ2) is 5.32. The first-order chi connectivity index (χ1) is 6.69. The van der Waals surface area contributed by atoms with Gasteiger partial charge in [0.05, 0.1) is 7.11 Å². The molecule has 0 spiro atoms. The van der Waals surface area contributed by atoms with Gasteiger partial charge in [0.1, 0.15) is 6.04 Å². The van der Waals surface area contributed by atoms with E-state index in [0.717, 1.165) is 6.54 Å². The van der Waals surface area contributed by atoms with E-state index in [4.69, 9.17) is 4.74 Å². The minimum atomic E-state index is -0.203. The molecule has 1 atom stereocenters. The Bertz CT molecular complexity index is 193. The summed E-state index contributed by atoms with van der Waals surface area (Å²) in [7, 11) is 5.28. The fraction of sp³-hybridized carbons (Fsp3) is 0.900. The van der Waals surface area contributed by atoms with Crippen molar-refractivity contribution >= 4 is 5.97 Å². The molecule has 1 unspecified atom stereocenters. The number of hydrogen-bond acceptors (Lipinski definition) is 4. The molecule has 4 nitrogen and oxygen atoms in total. The molecule has 0 amide bonds. The zero-order valence-electron chi connectivity index (χ0n) is 9.25. The van der Waals surface area contributed by atoms with Gasteiger partial charge in [-0.05, 0) is 26.9 Å². The van der Waals surface area contributed by atoms with E-state index < -0.39 is 0 Å². The fourth-order valence-corrected chi connectivity index (χ4v) is 1.69. The van der Waals surface area contributed by atoms with Gasteiger partial charge in [-0.1, -0.05) is 6.42 Å². The van der Waals surface area contributed by atoms with Gasteiger partial charge in [-0.2, -0.15) is 0 Å². The highest BCUT2D eigenvalue weighted by atomic mass is 16.5. The van der Waals surface area contributed by atoms with Crippen LogP contribution in [-0.4, -0.2) is 50.7 Å². The molecule has 82 valence electrons. The minimum absolute atomic E-state index is 0.182. The number of carbonyl (C=O) groups excluding carboxylic acids is 1. The van der Waals surface area contributed by atoms with E-state index in [9.17, 15) is 4.79 Å². The lowest BCUT2D eigenvalue weighted by Gasteiger charge is -2.36. The van der Waals surface area contributed by atoms with Crippen LogP contribution in [-0.2, 0) is 9.53 Å². The first-order valence-electron chi connectivity index (χ1n) is 5.14. The van der Waals surface area contributed by atoms with Gasteiger partial charge in [0.25, 0.3) is 0 Å². The Hall–Kier alpha value is -0.610. The van der Waals surface area contributed by atoms with Crippen molar-refractivity contribution in [3.05, 3.63) is 0 Å². The van der Waals surface area contributed by atoms with E-state index in [1.807, 2.05) is 0 Å². The van der Waals surface area contributed by atoms with Crippen LogP contribution in [0.15, 0.2) is 0 Å². The van der Waals surface area contributed by atoms with Crippen molar-refractivity contribution in [2.75, 3.05) is 27.7 Å². The number of methoxy groups -OCH3 is 1. The number of ether oxygens (including phenoxy) is 1. The van der Waals surface area contributed by atoms with Gasteiger partial charge in [0.2, 0.25) is 0 Å². The highest BCUT2D eigenvalue weighted by Crippen LogP contribution is 2.23. The fourth-order valence-electron chi connectivity index (χ4n) is 1.69. The normalized spacial score (nSPS) is 19.1. The number of nitrogens with zero attached hydrogens (tertiary/aromatic N) is 1. The standard InChI is InChI=1S/C10H20N2O2/c1-11-9(10(13)14-3)7-12(2)8-5-4-6-8/h8-9,11H,4-7H2,1-3H3.